The summed E-state index contributed by atoms with van der Waals surface area (Å²) in [7, 11) is 0. The van der Waals surface area contributed by atoms with Crippen molar-refractivity contribution >= 4 is 17.5 Å². The van der Waals surface area contributed by atoms with Gasteiger partial charge in [0, 0.05) is 18.7 Å². The molecule has 0 spiro atoms. The van der Waals surface area contributed by atoms with Crippen LogP contribution in [0.25, 0.3) is 0 Å². The predicted molar refractivity (Wildman–Crippen MR) is 105 cm³/mol. The lowest BCUT2D eigenvalue weighted by atomic mass is 10.1. The van der Waals surface area contributed by atoms with E-state index in [0.29, 0.717) is 29.5 Å². The van der Waals surface area contributed by atoms with Gasteiger partial charge in [0.25, 0.3) is 5.91 Å². The maximum atomic E-state index is 12.5. The van der Waals surface area contributed by atoms with E-state index < -0.39 is 0 Å². The number of rotatable bonds is 7. The second-order valence-corrected chi connectivity index (χ2v) is 6.92. The van der Waals surface area contributed by atoms with Crippen molar-refractivity contribution in [2.75, 3.05) is 19.7 Å². The molecule has 1 N–H and O–H groups in total. The Labute approximate surface area is 160 Å². The highest BCUT2D eigenvalue weighted by Gasteiger charge is 2.14. The second kappa shape index (κ2) is 9.06. The molecule has 0 saturated carbocycles. The molecule has 0 unspecified atom stereocenters. The molecule has 5 heteroatoms. The molecular weight excluding hydrogens is 348 g/mol. The zero-order valence-corrected chi connectivity index (χ0v) is 15.9. The lowest BCUT2D eigenvalue weighted by Crippen LogP contribution is -2.25. The van der Waals surface area contributed by atoms with Gasteiger partial charge < -0.3 is 10.1 Å². The van der Waals surface area contributed by atoms with Crippen LogP contribution in [0.5, 0.6) is 5.75 Å². The third-order valence-corrected chi connectivity index (χ3v) is 4.94. The lowest BCUT2D eigenvalue weighted by molar-refractivity contribution is 0.0950. The van der Waals surface area contributed by atoms with E-state index in [0.717, 1.165) is 25.2 Å². The molecule has 4 nitrogen and oxygen atoms in total. The largest absolute Gasteiger partial charge is 0.492 e. The molecule has 2 aromatic rings. The van der Waals surface area contributed by atoms with Crippen molar-refractivity contribution in [3.8, 4) is 5.75 Å². The normalized spacial score (nSPS) is 14.4. The Balaban J connectivity index is 1.63. The summed E-state index contributed by atoms with van der Waals surface area (Å²) in [5, 5.41) is 3.46. The molecular formula is C21H25ClN2O2. The molecule has 1 heterocycles. The number of nitrogens with zero attached hydrogens (tertiary/aromatic N) is 1. The molecule has 1 fully saturated rings. The van der Waals surface area contributed by atoms with E-state index in [1.165, 1.54) is 18.4 Å². The maximum Gasteiger partial charge on any atom is 0.251 e. The Morgan fingerprint density at radius 2 is 1.88 bits per heavy atom. The molecule has 26 heavy (non-hydrogen) atoms. The van der Waals surface area contributed by atoms with Crippen LogP contribution in [0.15, 0.2) is 42.5 Å². The van der Waals surface area contributed by atoms with Gasteiger partial charge >= 0.3 is 0 Å². The summed E-state index contributed by atoms with van der Waals surface area (Å²) in [6.07, 6.45) is 2.55. The first-order chi connectivity index (χ1) is 12.7. The summed E-state index contributed by atoms with van der Waals surface area (Å²) in [6, 6.07) is 13.4. The van der Waals surface area contributed by atoms with Crippen molar-refractivity contribution in [3.05, 3.63) is 64.2 Å². The third kappa shape index (κ3) is 4.77. The fourth-order valence-corrected chi connectivity index (χ4v) is 3.49. The average Bonchev–Trinajstić information content (AvgIpc) is 3.15. The van der Waals surface area contributed by atoms with Crippen molar-refractivity contribution in [3.63, 3.8) is 0 Å². The van der Waals surface area contributed by atoms with Crippen molar-refractivity contribution in [2.45, 2.75) is 32.9 Å². The van der Waals surface area contributed by atoms with Crippen LogP contribution in [0.3, 0.4) is 0 Å². The molecule has 1 aliphatic rings. The molecule has 3 rings (SSSR count). The van der Waals surface area contributed by atoms with Gasteiger partial charge in [0.15, 0.2) is 0 Å². The smallest absolute Gasteiger partial charge is 0.251 e. The van der Waals surface area contributed by atoms with Gasteiger partial charge in [-0.3, -0.25) is 9.69 Å². The number of ether oxygens (including phenoxy) is 1. The Hall–Kier alpha value is -2.04. The summed E-state index contributed by atoms with van der Waals surface area (Å²) in [6.45, 7) is 6.21. The molecule has 1 aliphatic heterocycles. The molecule has 0 bridgehead atoms. The number of hydrogen-bond donors (Lipinski definition) is 1. The van der Waals surface area contributed by atoms with Crippen LogP contribution >= 0.6 is 11.6 Å². The van der Waals surface area contributed by atoms with Crippen LogP contribution in [-0.2, 0) is 13.1 Å². The molecule has 0 atom stereocenters. The molecule has 138 valence electrons. The van der Waals surface area contributed by atoms with E-state index in [1.54, 1.807) is 18.2 Å². The SMILES string of the molecule is CCOc1ccc(C(=O)NCc2ccccc2CN2CCCC2)cc1Cl. The van der Waals surface area contributed by atoms with E-state index in [1.807, 2.05) is 13.0 Å². The fraction of sp³-hybridized carbons (Fsp3) is 0.381. The van der Waals surface area contributed by atoms with Crippen molar-refractivity contribution in [1.82, 2.24) is 10.2 Å². The number of carbonyl (C=O) groups is 1. The second-order valence-electron chi connectivity index (χ2n) is 6.51. The summed E-state index contributed by atoms with van der Waals surface area (Å²) in [5.41, 5.74) is 2.97. The first kappa shape index (κ1) is 18.7. The summed E-state index contributed by atoms with van der Waals surface area (Å²) >= 11 is 6.18. The van der Waals surface area contributed by atoms with E-state index in [-0.39, 0.29) is 5.91 Å². The van der Waals surface area contributed by atoms with Crippen LogP contribution in [0.2, 0.25) is 5.02 Å². The van der Waals surface area contributed by atoms with Gasteiger partial charge in [-0.2, -0.15) is 0 Å². The highest BCUT2D eigenvalue weighted by atomic mass is 35.5. The van der Waals surface area contributed by atoms with Gasteiger partial charge in [0.2, 0.25) is 0 Å². The molecule has 1 amide bonds. The van der Waals surface area contributed by atoms with Crippen LogP contribution < -0.4 is 10.1 Å². The Morgan fingerprint density at radius 3 is 2.58 bits per heavy atom. The van der Waals surface area contributed by atoms with E-state index in [2.05, 4.69) is 28.4 Å². The molecule has 0 aliphatic carbocycles. The molecule has 0 radical (unpaired) electrons. The maximum absolute atomic E-state index is 12.5. The summed E-state index contributed by atoms with van der Waals surface area (Å²) in [5.74, 6) is 0.465. The number of benzene rings is 2. The fourth-order valence-electron chi connectivity index (χ4n) is 3.26. The third-order valence-electron chi connectivity index (χ3n) is 4.64. The lowest BCUT2D eigenvalue weighted by Gasteiger charge is -2.17. The predicted octanol–water partition coefficient (Wildman–Crippen LogP) is 4.26. The van der Waals surface area contributed by atoms with E-state index >= 15 is 0 Å². The topological polar surface area (TPSA) is 41.6 Å². The highest BCUT2D eigenvalue weighted by molar-refractivity contribution is 6.32. The van der Waals surface area contributed by atoms with Crippen LogP contribution in [0, 0.1) is 0 Å². The minimum Gasteiger partial charge on any atom is -0.492 e. The van der Waals surface area contributed by atoms with Gasteiger partial charge in [0.1, 0.15) is 5.75 Å². The zero-order valence-electron chi connectivity index (χ0n) is 15.1. The number of likely N-dealkylation sites (tertiary alicyclic amines) is 1. The number of carbonyl (C=O) groups excluding carboxylic acids is 1. The van der Waals surface area contributed by atoms with E-state index in [4.69, 9.17) is 16.3 Å². The van der Waals surface area contributed by atoms with Crippen molar-refractivity contribution in [2.24, 2.45) is 0 Å². The molecule has 1 saturated heterocycles. The summed E-state index contributed by atoms with van der Waals surface area (Å²) in [4.78, 5) is 14.9. The minimum absolute atomic E-state index is 0.133. The Morgan fingerprint density at radius 1 is 1.15 bits per heavy atom. The van der Waals surface area contributed by atoms with Crippen LogP contribution in [0.1, 0.15) is 41.3 Å². The van der Waals surface area contributed by atoms with Gasteiger partial charge in [-0.15, -0.1) is 0 Å². The van der Waals surface area contributed by atoms with Crippen molar-refractivity contribution < 1.29 is 9.53 Å². The quantitative estimate of drug-likeness (QED) is 0.789. The number of halogens is 1. The molecule has 2 aromatic carbocycles. The van der Waals surface area contributed by atoms with Crippen molar-refractivity contribution in [1.29, 1.82) is 0 Å². The summed E-state index contributed by atoms with van der Waals surface area (Å²) < 4.78 is 5.41. The minimum atomic E-state index is -0.133. The first-order valence-electron chi connectivity index (χ1n) is 9.17. The van der Waals surface area contributed by atoms with Gasteiger partial charge in [-0.1, -0.05) is 35.9 Å². The van der Waals surface area contributed by atoms with Crippen LogP contribution in [-0.4, -0.2) is 30.5 Å². The molecule has 0 aromatic heterocycles. The Bertz CT molecular complexity index is 757. The monoisotopic (exact) mass is 372 g/mol. The van der Waals surface area contributed by atoms with Gasteiger partial charge in [-0.05, 0) is 62.2 Å². The zero-order chi connectivity index (χ0) is 18.4. The number of amides is 1. The average molecular weight is 373 g/mol. The number of nitrogens with one attached hydrogen (secondary N) is 1. The first-order valence-corrected chi connectivity index (χ1v) is 9.55. The van der Waals surface area contributed by atoms with E-state index in [9.17, 15) is 4.79 Å². The highest BCUT2D eigenvalue weighted by Crippen LogP contribution is 2.25. The standard InChI is InChI=1S/C21H25ClN2O2/c1-2-26-20-10-9-16(13-19(20)22)21(25)23-14-17-7-3-4-8-18(17)15-24-11-5-6-12-24/h3-4,7-10,13H,2,5-6,11-12,14-15H2,1H3,(H,23,25). The number of hydrogen-bond acceptors (Lipinski definition) is 3. The Kier molecular flexibility index (Phi) is 6.53. The van der Waals surface area contributed by atoms with Gasteiger partial charge in [0.05, 0.1) is 11.6 Å². The van der Waals surface area contributed by atoms with Gasteiger partial charge in [-0.25, -0.2) is 0 Å². The van der Waals surface area contributed by atoms with Crippen LogP contribution in [0.4, 0.5) is 0 Å².